The summed E-state index contributed by atoms with van der Waals surface area (Å²) in [5, 5.41) is 6.59. The first-order chi connectivity index (χ1) is 12.4. The number of hydrogen-bond acceptors (Lipinski definition) is 5. The molecule has 4 aromatic rings. The summed E-state index contributed by atoms with van der Waals surface area (Å²) in [5.41, 5.74) is 3.19. The van der Waals surface area contributed by atoms with Crippen molar-refractivity contribution in [2.45, 2.75) is 6.92 Å². The molecule has 0 saturated heterocycles. The molecular formula is C20H17N3OS. The summed E-state index contributed by atoms with van der Waals surface area (Å²) in [5.74, 6) is 1.60. The van der Waals surface area contributed by atoms with E-state index < -0.39 is 0 Å². The Morgan fingerprint density at radius 3 is 2.64 bits per heavy atom. The van der Waals surface area contributed by atoms with E-state index in [4.69, 9.17) is 4.74 Å². The highest BCUT2D eigenvalue weighted by Gasteiger charge is 2.14. The second kappa shape index (κ2) is 6.91. The fraction of sp³-hybridized carbons (Fsp3) is 0.100. The number of hydrogen-bond donors (Lipinski definition) is 1. The molecule has 2 aromatic heterocycles. The molecule has 124 valence electrons. The van der Waals surface area contributed by atoms with Crippen LogP contribution in [-0.2, 0) is 0 Å². The number of benzene rings is 2. The SMILES string of the molecule is CCOc1ccccc1Nc1ncnc2scc(-c3ccccc3)c12. The van der Waals surface area contributed by atoms with Crippen molar-refractivity contribution >= 4 is 33.1 Å². The molecule has 0 spiro atoms. The van der Waals surface area contributed by atoms with Crippen LogP contribution in [0.4, 0.5) is 11.5 Å². The minimum absolute atomic E-state index is 0.617. The number of aromatic nitrogens is 2. The monoisotopic (exact) mass is 347 g/mol. The van der Waals surface area contributed by atoms with Crippen LogP contribution in [0.2, 0.25) is 0 Å². The van der Waals surface area contributed by atoms with Crippen LogP contribution >= 0.6 is 11.3 Å². The van der Waals surface area contributed by atoms with Gasteiger partial charge >= 0.3 is 0 Å². The lowest BCUT2D eigenvalue weighted by Crippen LogP contribution is -1.99. The van der Waals surface area contributed by atoms with E-state index in [1.807, 2.05) is 49.4 Å². The first-order valence-corrected chi connectivity index (χ1v) is 9.01. The number of anilines is 2. The van der Waals surface area contributed by atoms with E-state index in [9.17, 15) is 0 Å². The summed E-state index contributed by atoms with van der Waals surface area (Å²) in [6.07, 6.45) is 1.60. The van der Waals surface area contributed by atoms with Crippen LogP contribution in [0.3, 0.4) is 0 Å². The maximum atomic E-state index is 5.71. The molecule has 0 fully saturated rings. The normalized spacial score (nSPS) is 10.8. The second-order valence-electron chi connectivity index (χ2n) is 5.47. The van der Waals surface area contributed by atoms with E-state index >= 15 is 0 Å². The second-order valence-corrected chi connectivity index (χ2v) is 6.33. The average molecular weight is 347 g/mol. The Hall–Kier alpha value is -2.92. The Labute approximate surface area is 150 Å². The molecule has 25 heavy (non-hydrogen) atoms. The molecule has 0 radical (unpaired) electrons. The third-order valence-electron chi connectivity index (χ3n) is 3.90. The van der Waals surface area contributed by atoms with Gasteiger partial charge in [-0.25, -0.2) is 9.97 Å². The van der Waals surface area contributed by atoms with Gasteiger partial charge in [0.1, 0.15) is 22.7 Å². The molecular weight excluding hydrogens is 330 g/mol. The summed E-state index contributed by atoms with van der Waals surface area (Å²) < 4.78 is 5.71. The lowest BCUT2D eigenvalue weighted by Gasteiger charge is -2.12. The van der Waals surface area contributed by atoms with E-state index in [2.05, 4.69) is 32.8 Å². The molecule has 0 aliphatic heterocycles. The fourth-order valence-corrected chi connectivity index (χ4v) is 3.69. The molecule has 0 unspecified atom stereocenters. The van der Waals surface area contributed by atoms with Gasteiger partial charge in [0.05, 0.1) is 17.7 Å². The van der Waals surface area contributed by atoms with Crippen molar-refractivity contribution in [2.24, 2.45) is 0 Å². The van der Waals surface area contributed by atoms with Crippen LogP contribution in [0.5, 0.6) is 5.75 Å². The molecule has 4 rings (SSSR count). The number of ether oxygens (including phenoxy) is 1. The van der Waals surface area contributed by atoms with Gasteiger partial charge in [0, 0.05) is 10.9 Å². The van der Waals surface area contributed by atoms with Gasteiger partial charge in [-0.05, 0) is 24.6 Å². The van der Waals surface area contributed by atoms with Gasteiger partial charge in [0.25, 0.3) is 0 Å². The number of fused-ring (bicyclic) bond motifs is 1. The van der Waals surface area contributed by atoms with Gasteiger partial charge in [-0.15, -0.1) is 11.3 Å². The topological polar surface area (TPSA) is 47.0 Å². The highest BCUT2D eigenvalue weighted by molar-refractivity contribution is 7.17. The molecule has 2 heterocycles. The van der Waals surface area contributed by atoms with Crippen molar-refractivity contribution in [3.8, 4) is 16.9 Å². The van der Waals surface area contributed by atoms with Crippen LogP contribution in [0.15, 0.2) is 66.3 Å². The predicted octanol–water partition coefficient (Wildman–Crippen LogP) is 5.50. The Morgan fingerprint density at radius 2 is 1.80 bits per heavy atom. The lowest BCUT2D eigenvalue weighted by molar-refractivity contribution is 0.342. The smallest absolute Gasteiger partial charge is 0.143 e. The number of thiophene rings is 1. The highest BCUT2D eigenvalue weighted by atomic mass is 32.1. The maximum absolute atomic E-state index is 5.71. The van der Waals surface area contributed by atoms with Crippen LogP contribution in [0.25, 0.3) is 21.3 Å². The van der Waals surface area contributed by atoms with Crippen molar-refractivity contribution in [2.75, 3.05) is 11.9 Å². The maximum Gasteiger partial charge on any atom is 0.143 e. The molecule has 0 aliphatic rings. The Morgan fingerprint density at radius 1 is 1.00 bits per heavy atom. The lowest BCUT2D eigenvalue weighted by atomic mass is 10.1. The average Bonchev–Trinajstić information content (AvgIpc) is 3.09. The summed E-state index contributed by atoms with van der Waals surface area (Å²) in [6, 6.07) is 18.2. The van der Waals surface area contributed by atoms with E-state index in [0.717, 1.165) is 38.6 Å². The Bertz CT molecular complexity index is 998. The predicted molar refractivity (Wildman–Crippen MR) is 104 cm³/mol. The summed E-state index contributed by atoms with van der Waals surface area (Å²) in [4.78, 5) is 9.88. The zero-order valence-corrected chi connectivity index (χ0v) is 14.6. The van der Waals surface area contributed by atoms with Crippen LogP contribution in [-0.4, -0.2) is 16.6 Å². The highest BCUT2D eigenvalue weighted by Crippen LogP contribution is 2.38. The molecule has 1 N–H and O–H groups in total. The first-order valence-electron chi connectivity index (χ1n) is 8.13. The van der Waals surface area contributed by atoms with Crippen molar-refractivity contribution < 1.29 is 4.74 Å². The molecule has 2 aromatic carbocycles. The van der Waals surface area contributed by atoms with Gasteiger partial charge in [-0.1, -0.05) is 42.5 Å². The zero-order valence-electron chi connectivity index (χ0n) is 13.8. The van der Waals surface area contributed by atoms with E-state index in [-0.39, 0.29) is 0 Å². The Kier molecular flexibility index (Phi) is 4.31. The first kappa shape index (κ1) is 15.6. The number of para-hydroxylation sites is 2. The summed E-state index contributed by atoms with van der Waals surface area (Å²) in [6.45, 7) is 2.59. The summed E-state index contributed by atoms with van der Waals surface area (Å²) >= 11 is 1.63. The fourth-order valence-electron chi connectivity index (χ4n) is 2.78. The molecule has 0 atom stereocenters. The van der Waals surface area contributed by atoms with Crippen LogP contribution in [0.1, 0.15) is 6.92 Å². The van der Waals surface area contributed by atoms with Crippen molar-refractivity contribution in [3.63, 3.8) is 0 Å². The van der Waals surface area contributed by atoms with Crippen molar-refractivity contribution in [1.29, 1.82) is 0 Å². The number of nitrogens with zero attached hydrogens (tertiary/aromatic N) is 2. The third-order valence-corrected chi connectivity index (χ3v) is 4.78. The largest absolute Gasteiger partial charge is 0.492 e. The molecule has 0 saturated carbocycles. The van der Waals surface area contributed by atoms with E-state index in [1.54, 1.807) is 17.7 Å². The minimum atomic E-state index is 0.617. The minimum Gasteiger partial charge on any atom is -0.492 e. The van der Waals surface area contributed by atoms with Gasteiger partial charge < -0.3 is 10.1 Å². The molecule has 0 bridgehead atoms. The van der Waals surface area contributed by atoms with Crippen molar-refractivity contribution in [3.05, 3.63) is 66.3 Å². The molecule has 5 heteroatoms. The molecule has 0 aliphatic carbocycles. The Balaban J connectivity index is 1.82. The number of nitrogens with one attached hydrogen (secondary N) is 1. The van der Waals surface area contributed by atoms with Gasteiger partial charge in [-0.3, -0.25) is 0 Å². The van der Waals surface area contributed by atoms with Gasteiger partial charge in [0.2, 0.25) is 0 Å². The zero-order chi connectivity index (χ0) is 17.1. The van der Waals surface area contributed by atoms with Gasteiger partial charge in [-0.2, -0.15) is 0 Å². The quantitative estimate of drug-likeness (QED) is 0.518. The number of rotatable bonds is 5. The van der Waals surface area contributed by atoms with Crippen molar-refractivity contribution in [1.82, 2.24) is 9.97 Å². The standard InChI is InChI=1S/C20H17N3OS/c1-2-24-17-11-7-6-10-16(17)23-19-18-15(14-8-4-3-5-9-14)12-25-20(18)22-13-21-19/h3-13H,2H2,1H3,(H,21,22,23). The van der Waals surface area contributed by atoms with E-state index in [0.29, 0.717) is 6.61 Å². The molecule has 0 amide bonds. The summed E-state index contributed by atoms with van der Waals surface area (Å²) in [7, 11) is 0. The van der Waals surface area contributed by atoms with Gasteiger partial charge in [0.15, 0.2) is 0 Å². The third kappa shape index (κ3) is 3.06. The molecule has 4 nitrogen and oxygen atoms in total. The van der Waals surface area contributed by atoms with Crippen LogP contribution in [0, 0.1) is 0 Å². The van der Waals surface area contributed by atoms with Crippen LogP contribution < -0.4 is 10.1 Å². The van der Waals surface area contributed by atoms with E-state index in [1.165, 1.54) is 0 Å².